The summed E-state index contributed by atoms with van der Waals surface area (Å²) in [5, 5.41) is 15.2. The van der Waals surface area contributed by atoms with Crippen molar-refractivity contribution < 1.29 is 76.5 Å². The van der Waals surface area contributed by atoms with Crippen LogP contribution < -0.4 is 68.2 Å². The van der Waals surface area contributed by atoms with E-state index in [9.17, 15) is 18.3 Å². The Hall–Kier alpha value is -1.65. The minimum absolute atomic E-state index is 0. The molecule has 1 aromatic heterocycles. The molecule has 3 N–H and O–H groups in total. The first-order valence-corrected chi connectivity index (χ1v) is 13.2. The number of rotatable bonds is 11. The molecule has 0 saturated heterocycles. The molecule has 0 bridgehead atoms. The van der Waals surface area contributed by atoms with Crippen LogP contribution in [0.25, 0.3) is 10.9 Å². The fourth-order valence-electron chi connectivity index (χ4n) is 4.06. The molecule has 7 nitrogen and oxygen atoms in total. The third-order valence-electron chi connectivity index (χ3n) is 6.22. The van der Waals surface area contributed by atoms with E-state index in [1.54, 1.807) is 48.5 Å². The average molecular weight is 590 g/mol. The van der Waals surface area contributed by atoms with Crippen LogP contribution in [0, 0.1) is 0 Å². The van der Waals surface area contributed by atoms with Crippen LogP contribution in [0.2, 0.25) is 0 Å². The SMILES string of the molecule is CC(C)(CCn1ccc2cc([C-]=O)ccc21)NC[C@H](O)c1cccc(NS(=O)(=O)c2ccccc2)c1.[Rb+]. The molecule has 3 aromatic carbocycles. The van der Waals surface area contributed by atoms with Gasteiger partial charge in [-0.25, -0.2) is 8.42 Å². The van der Waals surface area contributed by atoms with Gasteiger partial charge in [0.25, 0.3) is 10.0 Å². The molecule has 0 fully saturated rings. The topological polar surface area (TPSA) is 100 Å². The Kier molecular flexibility index (Phi) is 10.4. The smallest absolute Gasteiger partial charge is 0.387 e. The number of anilines is 1. The number of carbonyl (C=O) groups excluding carboxylic acids is 1. The van der Waals surface area contributed by atoms with E-state index in [0.717, 1.165) is 23.9 Å². The fourth-order valence-corrected chi connectivity index (χ4v) is 5.13. The number of β-amino-alcohol motifs (C(OH)–C–C–N with tert-alkyl or cyclic N) is 1. The maximum Gasteiger partial charge on any atom is 1.00 e. The Bertz CT molecular complexity index is 1450. The summed E-state index contributed by atoms with van der Waals surface area (Å²) >= 11 is 0. The van der Waals surface area contributed by atoms with Gasteiger partial charge in [-0.1, -0.05) is 41.8 Å². The van der Waals surface area contributed by atoms with Crippen LogP contribution in [0.15, 0.2) is 90.0 Å². The number of aromatic nitrogens is 1. The van der Waals surface area contributed by atoms with Gasteiger partial charge in [-0.3, -0.25) is 4.72 Å². The predicted octanol–water partition coefficient (Wildman–Crippen LogP) is 1.40. The van der Waals surface area contributed by atoms with Gasteiger partial charge < -0.3 is 19.8 Å². The Morgan fingerprint density at radius 2 is 1.76 bits per heavy atom. The van der Waals surface area contributed by atoms with Crippen LogP contribution in [0.1, 0.15) is 37.5 Å². The summed E-state index contributed by atoms with van der Waals surface area (Å²) in [6, 6.07) is 22.5. The summed E-state index contributed by atoms with van der Waals surface area (Å²) in [5.74, 6) is 0. The second kappa shape index (κ2) is 12.9. The second-order valence-corrected chi connectivity index (χ2v) is 11.1. The van der Waals surface area contributed by atoms with Crippen molar-refractivity contribution in [1.82, 2.24) is 9.88 Å². The number of hydrogen-bond donors (Lipinski definition) is 3. The third-order valence-corrected chi connectivity index (χ3v) is 7.61. The number of aliphatic hydroxyl groups excluding tert-OH is 1. The number of aryl methyl sites for hydroxylation is 1. The first kappa shape index (κ1) is 29.9. The molecule has 0 aliphatic heterocycles. The normalized spacial score (nSPS) is 12.6. The van der Waals surface area contributed by atoms with Crippen molar-refractivity contribution >= 4 is 32.9 Å². The van der Waals surface area contributed by atoms with Crippen LogP contribution in [-0.2, 0) is 21.4 Å². The molecule has 1 heterocycles. The van der Waals surface area contributed by atoms with Gasteiger partial charge in [0.15, 0.2) is 0 Å². The largest absolute Gasteiger partial charge is 1.00 e. The zero-order chi connectivity index (χ0) is 25.8. The first-order valence-electron chi connectivity index (χ1n) is 11.7. The molecule has 0 unspecified atom stereocenters. The zero-order valence-electron chi connectivity index (χ0n) is 21.3. The Morgan fingerprint density at radius 3 is 2.49 bits per heavy atom. The van der Waals surface area contributed by atoms with Crippen LogP contribution in [-0.4, -0.2) is 36.5 Å². The molecule has 0 radical (unpaired) electrons. The predicted molar refractivity (Wildman–Crippen MR) is 142 cm³/mol. The number of nitrogens with one attached hydrogen (secondary N) is 2. The maximum atomic E-state index is 12.6. The van der Waals surface area contributed by atoms with Gasteiger partial charge in [-0.2, -0.15) is 17.7 Å². The molecular formula is C28H30N3O4RbS. The maximum absolute atomic E-state index is 12.6. The molecule has 0 aliphatic rings. The second-order valence-electron chi connectivity index (χ2n) is 9.46. The summed E-state index contributed by atoms with van der Waals surface area (Å²) in [4.78, 5) is 11.1. The molecule has 188 valence electrons. The van der Waals surface area contributed by atoms with Gasteiger partial charge in [0.2, 0.25) is 0 Å². The number of sulfonamides is 1. The Morgan fingerprint density at radius 1 is 1.00 bits per heavy atom. The summed E-state index contributed by atoms with van der Waals surface area (Å²) in [6.45, 7) is 5.23. The van der Waals surface area contributed by atoms with Crippen LogP contribution >= 0.6 is 0 Å². The number of benzene rings is 3. The van der Waals surface area contributed by atoms with Crippen molar-refractivity contribution in [3.8, 4) is 0 Å². The summed E-state index contributed by atoms with van der Waals surface area (Å²) in [6.07, 6.45) is 3.92. The van der Waals surface area contributed by atoms with Crippen molar-refractivity contribution in [3.05, 3.63) is 96.2 Å². The molecule has 4 rings (SSSR count). The summed E-state index contributed by atoms with van der Waals surface area (Å²) in [5.41, 5.74) is 2.34. The number of hydrogen-bond acceptors (Lipinski definition) is 5. The van der Waals surface area contributed by atoms with Crippen LogP contribution in [0.4, 0.5) is 5.69 Å². The summed E-state index contributed by atoms with van der Waals surface area (Å²) < 4.78 is 30.0. The number of fused-ring (bicyclic) bond motifs is 1. The van der Waals surface area contributed by atoms with E-state index in [-0.39, 0.29) is 68.6 Å². The summed E-state index contributed by atoms with van der Waals surface area (Å²) in [7, 11) is -3.71. The molecule has 0 saturated carbocycles. The molecule has 0 amide bonds. The van der Waals surface area contributed by atoms with Gasteiger partial charge in [-0.05, 0) is 56.2 Å². The Balaban J connectivity index is 0.00000380. The van der Waals surface area contributed by atoms with Crippen molar-refractivity contribution in [2.75, 3.05) is 11.3 Å². The van der Waals surface area contributed by atoms with Crippen molar-refractivity contribution in [2.45, 2.75) is 43.4 Å². The van der Waals surface area contributed by atoms with Gasteiger partial charge in [0, 0.05) is 36.0 Å². The molecule has 4 aromatic rings. The van der Waals surface area contributed by atoms with Crippen LogP contribution in [0.5, 0.6) is 0 Å². The van der Waals surface area contributed by atoms with Gasteiger partial charge in [0.05, 0.1) is 17.3 Å². The molecular weight excluding hydrogens is 560 g/mol. The minimum atomic E-state index is -3.71. The average Bonchev–Trinajstić information content (AvgIpc) is 3.29. The van der Waals surface area contributed by atoms with Gasteiger partial charge in [-0.15, -0.1) is 0 Å². The van der Waals surface area contributed by atoms with Gasteiger partial charge >= 0.3 is 58.2 Å². The molecule has 1 atom stereocenters. The number of nitrogens with zero attached hydrogens (tertiary/aromatic N) is 1. The van der Waals surface area contributed by atoms with E-state index in [4.69, 9.17) is 0 Å². The number of aliphatic hydroxyl groups is 1. The van der Waals surface area contributed by atoms with Crippen molar-refractivity contribution in [1.29, 1.82) is 0 Å². The van der Waals surface area contributed by atoms with E-state index >= 15 is 0 Å². The quantitative estimate of drug-likeness (QED) is 0.230. The molecule has 9 heteroatoms. The van der Waals surface area contributed by atoms with Gasteiger partial charge in [0.1, 0.15) is 0 Å². The van der Waals surface area contributed by atoms with Crippen LogP contribution in [0.3, 0.4) is 0 Å². The van der Waals surface area contributed by atoms with Crippen molar-refractivity contribution in [2.24, 2.45) is 0 Å². The van der Waals surface area contributed by atoms with Crippen molar-refractivity contribution in [3.63, 3.8) is 0 Å². The molecule has 37 heavy (non-hydrogen) atoms. The molecule has 0 aliphatic carbocycles. The fraction of sp³-hybridized carbons (Fsp3) is 0.250. The Labute approximate surface area is 267 Å². The monoisotopic (exact) mass is 589 g/mol. The standard InChI is InChI=1S/C28H30N3O4S.Rb/c1-28(2,14-16-31-15-13-22-17-21(20-32)11-12-26(22)31)29-19-27(33)23-7-6-8-24(18-23)30-36(34,35)25-9-4-3-5-10-25;/h3-13,15,17-18,27,29-30,33H,14,16,19H2,1-2H3;/q-1;+1/t27-;/m0./s1. The van der Waals surface area contributed by atoms with E-state index in [1.807, 2.05) is 30.7 Å². The first-order chi connectivity index (χ1) is 17.2. The van der Waals surface area contributed by atoms with E-state index < -0.39 is 16.1 Å². The third kappa shape index (κ3) is 7.92. The zero-order valence-corrected chi connectivity index (χ0v) is 27.0. The van der Waals surface area contributed by atoms with E-state index in [2.05, 4.69) is 28.5 Å². The minimum Gasteiger partial charge on any atom is -0.387 e. The van der Waals surface area contributed by atoms with E-state index in [1.165, 1.54) is 12.1 Å². The molecule has 0 spiro atoms. The van der Waals surface area contributed by atoms with E-state index in [0.29, 0.717) is 23.4 Å².